The monoisotopic (exact) mass is 363 g/mol. The van der Waals surface area contributed by atoms with Gasteiger partial charge in [-0.05, 0) is 39.0 Å². The smallest absolute Gasteiger partial charge is 0.265 e. The molecule has 0 fully saturated rings. The van der Waals surface area contributed by atoms with Crippen LogP contribution in [0.2, 0.25) is 0 Å². The number of halogens is 3. The molecule has 0 bridgehead atoms. The Bertz CT molecular complexity index is 803. The van der Waals surface area contributed by atoms with Crippen LogP contribution < -0.4 is 5.32 Å². The molecule has 1 N–H and O–H groups in total. The van der Waals surface area contributed by atoms with Crippen molar-refractivity contribution in [2.24, 2.45) is 0 Å². The van der Waals surface area contributed by atoms with Crippen molar-refractivity contribution in [1.29, 1.82) is 0 Å². The van der Waals surface area contributed by atoms with Crippen molar-refractivity contribution in [2.45, 2.75) is 13.0 Å². The third kappa shape index (κ3) is 3.06. The van der Waals surface area contributed by atoms with Crippen LogP contribution in [0.25, 0.3) is 10.8 Å². The van der Waals surface area contributed by atoms with E-state index >= 15 is 0 Å². The highest BCUT2D eigenvalue weighted by atomic mass is 79.9. The first-order valence-electron chi connectivity index (χ1n) is 6.64. The van der Waals surface area contributed by atoms with Crippen LogP contribution in [-0.2, 0) is 6.54 Å². The first-order valence-corrected chi connectivity index (χ1v) is 7.43. The number of rotatable bonds is 4. The van der Waals surface area contributed by atoms with Crippen molar-refractivity contribution in [1.82, 2.24) is 9.97 Å². The molecule has 0 aliphatic heterocycles. The number of nitrogens with zero attached hydrogens (tertiary/aromatic N) is 2. The average Bonchev–Trinajstić information content (AvgIpc) is 2.53. The number of nitrogens with one attached hydrogen (secondary N) is 1. The molecular formula is C16H12BrF2N3. The molecule has 0 atom stereocenters. The minimum absolute atomic E-state index is 0.103. The fourth-order valence-electron chi connectivity index (χ4n) is 2.22. The highest BCUT2D eigenvalue weighted by Gasteiger charge is 2.11. The number of aromatic nitrogens is 2. The van der Waals surface area contributed by atoms with E-state index in [4.69, 9.17) is 0 Å². The zero-order valence-corrected chi connectivity index (χ0v) is 13.0. The van der Waals surface area contributed by atoms with Crippen LogP contribution in [-0.4, -0.2) is 9.97 Å². The molecule has 22 heavy (non-hydrogen) atoms. The van der Waals surface area contributed by atoms with Gasteiger partial charge in [-0.25, -0.2) is 13.8 Å². The Kier molecular flexibility index (Phi) is 4.29. The number of hydrogen-bond acceptors (Lipinski definition) is 3. The van der Waals surface area contributed by atoms with E-state index in [1.54, 1.807) is 6.20 Å². The van der Waals surface area contributed by atoms with Gasteiger partial charge in [-0.1, -0.05) is 18.2 Å². The second-order valence-corrected chi connectivity index (χ2v) is 5.62. The van der Waals surface area contributed by atoms with Crippen molar-refractivity contribution in [3.63, 3.8) is 0 Å². The summed E-state index contributed by atoms with van der Waals surface area (Å²) in [5.41, 5.74) is 0.986. The lowest BCUT2D eigenvalue weighted by atomic mass is 10.1. The molecule has 0 spiro atoms. The van der Waals surface area contributed by atoms with E-state index in [1.807, 2.05) is 30.5 Å². The number of fused-ring (bicyclic) bond motifs is 1. The van der Waals surface area contributed by atoms with Gasteiger partial charge < -0.3 is 5.32 Å². The Hall–Kier alpha value is -2.08. The Balaban J connectivity index is 1.82. The molecule has 0 saturated carbocycles. The number of benzene rings is 1. The van der Waals surface area contributed by atoms with Crippen LogP contribution in [0.15, 0.2) is 53.4 Å². The van der Waals surface area contributed by atoms with Gasteiger partial charge in [-0.2, -0.15) is 0 Å². The minimum atomic E-state index is -2.52. The van der Waals surface area contributed by atoms with Crippen LogP contribution in [0.1, 0.15) is 17.6 Å². The number of alkyl halides is 2. The largest absolute Gasteiger partial charge is 0.365 e. The summed E-state index contributed by atoms with van der Waals surface area (Å²) < 4.78 is 25.8. The third-order valence-corrected chi connectivity index (χ3v) is 3.94. The van der Waals surface area contributed by atoms with Crippen molar-refractivity contribution >= 4 is 32.5 Å². The summed E-state index contributed by atoms with van der Waals surface area (Å²) in [6.07, 6.45) is 2.22. The summed E-state index contributed by atoms with van der Waals surface area (Å²) in [4.78, 5) is 8.15. The lowest BCUT2D eigenvalue weighted by molar-refractivity contribution is 0.151. The standard InChI is InChI=1S/C16H12BrF2N3/c17-14-6-12(15(18)19)9-22-16(14)21-8-11-3-1-2-10-7-20-5-4-13(10)11/h1-7,9,15H,8H2,(H,21,22). The van der Waals surface area contributed by atoms with E-state index in [0.717, 1.165) is 16.3 Å². The SMILES string of the molecule is FC(F)c1cnc(NCc2cccc3cnccc23)c(Br)c1. The van der Waals surface area contributed by atoms with Crippen LogP contribution in [0.5, 0.6) is 0 Å². The van der Waals surface area contributed by atoms with Crippen LogP contribution >= 0.6 is 15.9 Å². The summed E-state index contributed by atoms with van der Waals surface area (Å²) in [7, 11) is 0. The quantitative estimate of drug-likeness (QED) is 0.713. The number of anilines is 1. The first-order chi connectivity index (χ1) is 10.6. The highest BCUT2D eigenvalue weighted by molar-refractivity contribution is 9.10. The third-order valence-electron chi connectivity index (χ3n) is 3.33. The van der Waals surface area contributed by atoms with Gasteiger partial charge in [-0.15, -0.1) is 0 Å². The van der Waals surface area contributed by atoms with Crippen LogP contribution in [0.3, 0.4) is 0 Å². The van der Waals surface area contributed by atoms with Gasteiger partial charge >= 0.3 is 0 Å². The minimum Gasteiger partial charge on any atom is -0.365 e. The topological polar surface area (TPSA) is 37.8 Å². The van der Waals surface area contributed by atoms with Crippen molar-refractivity contribution in [2.75, 3.05) is 5.32 Å². The van der Waals surface area contributed by atoms with Crippen molar-refractivity contribution in [3.8, 4) is 0 Å². The molecule has 3 aromatic rings. The predicted octanol–water partition coefficient (Wildman–Crippen LogP) is 4.94. The molecule has 0 amide bonds. The molecule has 1 aromatic carbocycles. The maximum Gasteiger partial charge on any atom is 0.265 e. The zero-order valence-electron chi connectivity index (χ0n) is 11.4. The van der Waals surface area contributed by atoms with Gasteiger partial charge in [0.1, 0.15) is 5.82 Å². The average molecular weight is 364 g/mol. The van der Waals surface area contributed by atoms with E-state index in [9.17, 15) is 8.78 Å². The molecule has 0 saturated heterocycles. The molecule has 2 heterocycles. The fourth-order valence-corrected chi connectivity index (χ4v) is 2.73. The van der Waals surface area contributed by atoms with E-state index in [-0.39, 0.29) is 5.56 Å². The zero-order chi connectivity index (χ0) is 15.5. The van der Waals surface area contributed by atoms with Gasteiger partial charge in [0.15, 0.2) is 0 Å². The maximum absolute atomic E-state index is 12.6. The molecular weight excluding hydrogens is 352 g/mol. The number of hydrogen-bond donors (Lipinski definition) is 1. The Labute approximate surface area is 134 Å². The summed E-state index contributed by atoms with van der Waals surface area (Å²) in [5, 5.41) is 5.32. The Morgan fingerprint density at radius 1 is 1.18 bits per heavy atom. The van der Waals surface area contributed by atoms with E-state index in [1.165, 1.54) is 12.3 Å². The lowest BCUT2D eigenvalue weighted by Gasteiger charge is -2.11. The first kappa shape index (κ1) is 14.8. The molecule has 0 radical (unpaired) electrons. The van der Waals surface area contributed by atoms with Gasteiger partial charge in [-0.3, -0.25) is 4.98 Å². The van der Waals surface area contributed by atoms with E-state index in [2.05, 4.69) is 31.2 Å². The van der Waals surface area contributed by atoms with Crippen molar-refractivity contribution < 1.29 is 8.78 Å². The molecule has 2 aromatic heterocycles. The van der Waals surface area contributed by atoms with Gasteiger partial charge in [0.2, 0.25) is 0 Å². The summed E-state index contributed by atoms with van der Waals surface area (Å²) >= 11 is 3.27. The van der Waals surface area contributed by atoms with E-state index < -0.39 is 6.43 Å². The molecule has 112 valence electrons. The maximum atomic E-state index is 12.6. The molecule has 0 aliphatic carbocycles. The second-order valence-electron chi connectivity index (χ2n) is 4.77. The van der Waals surface area contributed by atoms with Crippen molar-refractivity contribution in [3.05, 3.63) is 64.5 Å². The Morgan fingerprint density at radius 3 is 2.82 bits per heavy atom. The summed E-state index contributed by atoms with van der Waals surface area (Å²) in [6, 6.07) is 9.30. The van der Waals surface area contributed by atoms with Crippen LogP contribution in [0.4, 0.5) is 14.6 Å². The summed E-state index contributed by atoms with van der Waals surface area (Å²) in [6.45, 7) is 0.543. The number of pyridine rings is 2. The molecule has 0 unspecified atom stereocenters. The predicted molar refractivity (Wildman–Crippen MR) is 86.0 cm³/mol. The van der Waals surface area contributed by atoms with Crippen LogP contribution in [0, 0.1) is 0 Å². The van der Waals surface area contributed by atoms with E-state index in [0.29, 0.717) is 16.8 Å². The summed E-state index contributed by atoms with van der Waals surface area (Å²) in [5.74, 6) is 0.537. The lowest BCUT2D eigenvalue weighted by Crippen LogP contribution is -2.03. The second kappa shape index (κ2) is 6.36. The van der Waals surface area contributed by atoms with Gasteiger partial charge in [0, 0.05) is 36.1 Å². The molecule has 3 rings (SSSR count). The Morgan fingerprint density at radius 2 is 2.05 bits per heavy atom. The highest BCUT2D eigenvalue weighted by Crippen LogP contribution is 2.27. The van der Waals surface area contributed by atoms with Gasteiger partial charge in [0.05, 0.1) is 4.47 Å². The fraction of sp³-hybridized carbons (Fsp3) is 0.125. The molecule has 3 nitrogen and oxygen atoms in total. The normalized spacial score (nSPS) is 11.1. The molecule has 0 aliphatic rings. The molecule has 6 heteroatoms. The van der Waals surface area contributed by atoms with Gasteiger partial charge in [0.25, 0.3) is 6.43 Å².